The second kappa shape index (κ2) is 9.85. The molecule has 0 atom stereocenters. The number of anilines is 1. The average molecular weight is 394 g/mol. The van der Waals surface area contributed by atoms with Crippen LogP contribution in [-0.2, 0) is 6.61 Å². The zero-order valence-corrected chi connectivity index (χ0v) is 16.8. The zero-order chi connectivity index (χ0) is 19.8. The van der Waals surface area contributed by atoms with Gasteiger partial charge in [0.25, 0.3) is 5.91 Å². The summed E-state index contributed by atoms with van der Waals surface area (Å²) in [5.41, 5.74) is 2.19. The number of benzene rings is 3. The van der Waals surface area contributed by atoms with E-state index in [-0.39, 0.29) is 5.91 Å². The lowest BCUT2D eigenvalue weighted by Gasteiger charge is -2.14. The Bertz CT molecular complexity index is 928. The number of ether oxygens (including phenoxy) is 2. The van der Waals surface area contributed by atoms with Gasteiger partial charge in [-0.15, -0.1) is 11.8 Å². The highest BCUT2D eigenvalue weighted by atomic mass is 32.2. The molecule has 5 heteroatoms. The van der Waals surface area contributed by atoms with Crippen molar-refractivity contribution in [1.29, 1.82) is 0 Å². The molecule has 0 radical (unpaired) electrons. The number of para-hydroxylation sites is 2. The van der Waals surface area contributed by atoms with Crippen LogP contribution in [0.5, 0.6) is 11.5 Å². The van der Waals surface area contributed by atoms with Crippen molar-refractivity contribution in [2.45, 2.75) is 18.4 Å². The topological polar surface area (TPSA) is 47.6 Å². The van der Waals surface area contributed by atoms with E-state index >= 15 is 0 Å². The number of hydrogen-bond donors (Lipinski definition) is 1. The Morgan fingerprint density at radius 1 is 0.964 bits per heavy atom. The maximum absolute atomic E-state index is 12.8. The van der Waals surface area contributed by atoms with Crippen LogP contribution < -0.4 is 14.8 Å². The van der Waals surface area contributed by atoms with Gasteiger partial charge in [-0.25, -0.2) is 0 Å². The van der Waals surface area contributed by atoms with Crippen LogP contribution in [0.25, 0.3) is 0 Å². The van der Waals surface area contributed by atoms with Crippen LogP contribution in [0.3, 0.4) is 0 Å². The molecule has 28 heavy (non-hydrogen) atoms. The van der Waals surface area contributed by atoms with Gasteiger partial charge in [-0.05, 0) is 55.6 Å². The fraction of sp³-hybridized carbons (Fsp3) is 0.174. The van der Waals surface area contributed by atoms with Gasteiger partial charge in [-0.3, -0.25) is 4.79 Å². The van der Waals surface area contributed by atoms with Gasteiger partial charge in [0, 0.05) is 16.0 Å². The van der Waals surface area contributed by atoms with E-state index in [9.17, 15) is 4.79 Å². The van der Waals surface area contributed by atoms with Gasteiger partial charge >= 0.3 is 0 Å². The second-order valence-electron chi connectivity index (χ2n) is 6.01. The predicted octanol–water partition coefficient (Wildman–Crippen LogP) is 5.64. The third-order valence-electron chi connectivity index (χ3n) is 4.12. The first kappa shape index (κ1) is 19.8. The smallest absolute Gasteiger partial charge is 0.255 e. The van der Waals surface area contributed by atoms with Crippen molar-refractivity contribution in [2.24, 2.45) is 0 Å². The highest BCUT2D eigenvalue weighted by Gasteiger charge is 2.13. The van der Waals surface area contributed by atoms with E-state index in [0.717, 1.165) is 27.6 Å². The average Bonchev–Trinajstić information content (AvgIpc) is 2.74. The fourth-order valence-electron chi connectivity index (χ4n) is 2.75. The maximum Gasteiger partial charge on any atom is 0.255 e. The molecule has 1 N–H and O–H groups in total. The number of rotatable bonds is 8. The van der Waals surface area contributed by atoms with Crippen molar-refractivity contribution in [2.75, 3.05) is 18.2 Å². The Labute approximate surface area is 169 Å². The van der Waals surface area contributed by atoms with Crippen LogP contribution >= 0.6 is 11.8 Å². The minimum Gasteiger partial charge on any atom is -0.493 e. The van der Waals surface area contributed by atoms with Gasteiger partial charge in [0.15, 0.2) is 0 Å². The van der Waals surface area contributed by atoms with Gasteiger partial charge in [0.1, 0.15) is 18.1 Å². The largest absolute Gasteiger partial charge is 0.493 e. The normalized spacial score (nSPS) is 10.4. The van der Waals surface area contributed by atoms with Crippen LogP contribution in [0.4, 0.5) is 5.69 Å². The van der Waals surface area contributed by atoms with Crippen molar-refractivity contribution in [3.63, 3.8) is 0 Å². The Morgan fingerprint density at radius 3 is 2.46 bits per heavy atom. The molecule has 144 valence electrons. The van der Waals surface area contributed by atoms with E-state index in [1.807, 2.05) is 79.9 Å². The number of thioether (sulfide) groups is 1. The Morgan fingerprint density at radius 2 is 1.71 bits per heavy atom. The van der Waals surface area contributed by atoms with Crippen LogP contribution in [0.2, 0.25) is 0 Å². The maximum atomic E-state index is 12.8. The lowest BCUT2D eigenvalue weighted by molar-refractivity contribution is 0.102. The van der Waals surface area contributed by atoms with E-state index in [1.54, 1.807) is 17.8 Å². The second-order valence-corrected chi connectivity index (χ2v) is 6.86. The van der Waals surface area contributed by atoms with E-state index < -0.39 is 0 Å². The Kier molecular flexibility index (Phi) is 6.98. The molecule has 0 aliphatic rings. The van der Waals surface area contributed by atoms with E-state index in [0.29, 0.717) is 18.8 Å². The molecule has 0 aliphatic heterocycles. The fourth-order valence-corrected chi connectivity index (χ4v) is 3.30. The Hall–Kier alpha value is -2.92. The van der Waals surface area contributed by atoms with E-state index in [2.05, 4.69) is 5.32 Å². The van der Waals surface area contributed by atoms with Crippen molar-refractivity contribution in [1.82, 2.24) is 0 Å². The first-order chi connectivity index (χ1) is 13.7. The Balaban J connectivity index is 1.80. The third-order valence-corrected chi connectivity index (χ3v) is 4.91. The molecular formula is C23H23NO3S. The van der Waals surface area contributed by atoms with Gasteiger partial charge in [-0.2, -0.15) is 0 Å². The van der Waals surface area contributed by atoms with Gasteiger partial charge < -0.3 is 14.8 Å². The summed E-state index contributed by atoms with van der Waals surface area (Å²) >= 11 is 1.60. The molecule has 0 aromatic heterocycles. The molecule has 0 saturated carbocycles. The molecule has 0 bridgehead atoms. The molecule has 0 unspecified atom stereocenters. The molecule has 4 nitrogen and oxygen atoms in total. The van der Waals surface area contributed by atoms with Crippen molar-refractivity contribution < 1.29 is 14.3 Å². The molecule has 3 aromatic carbocycles. The summed E-state index contributed by atoms with van der Waals surface area (Å²) in [7, 11) is 0. The van der Waals surface area contributed by atoms with Crippen molar-refractivity contribution in [3.8, 4) is 11.5 Å². The minimum atomic E-state index is -0.162. The monoisotopic (exact) mass is 393 g/mol. The van der Waals surface area contributed by atoms with E-state index in [1.165, 1.54) is 0 Å². The summed E-state index contributed by atoms with van der Waals surface area (Å²) in [6, 6.07) is 22.8. The van der Waals surface area contributed by atoms with E-state index in [4.69, 9.17) is 9.47 Å². The molecule has 0 saturated heterocycles. The predicted molar refractivity (Wildman–Crippen MR) is 115 cm³/mol. The molecule has 3 rings (SSSR count). The van der Waals surface area contributed by atoms with Gasteiger partial charge in [0.2, 0.25) is 0 Å². The summed E-state index contributed by atoms with van der Waals surface area (Å²) < 4.78 is 11.6. The highest BCUT2D eigenvalue weighted by Crippen LogP contribution is 2.27. The van der Waals surface area contributed by atoms with Crippen LogP contribution in [0, 0.1) is 0 Å². The summed E-state index contributed by atoms with van der Waals surface area (Å²) in [6.45, 7) is 2.80. The van der Waals surface area contributed by atoms with Crippen LogP contribution in [0.1, 0.15) is 22.8 Å². The first-order valence-corrected chi connectivity index (χ1v) is 10.3. The molecule has 1 amide bonds. The number of carbonyl (C=O) groups excluding carboxylic acids is 1. The summed E-state index contributed by atoms with van der Waals surface area (Å²) in [6.07, 6.45) is 1.99. The van der Waals surface area contributed by atoms with Crippen LogP contribution in [0.15, 0.2) is 77.7 Å². The summed E-state index contributed by atoms with van der Waals surface area (Å²) in [5.74, 6) is 1.33. The quantitative estimate of drug-likeness (QED) is 0.503. The minimum absolute atomic E-state index is 0.162. The lowest BCUT2D eigenvalue weighted by atomic mass is 10.1. The van der Waals surface area contributed by atoms with Gasteiger partial charge in [-0.1, -0.05) is 30.3 Å². The number of nitrogens with one attached hydrogen (secondary N) is 1. The summed E-state index contributed by atoms with van der Waals surface area (Å²) in [5, 5.41) is 2.99. The van der Waals surface area contributed by atoms with Gasteiger partial charge in [0.05, 0.1) is 12.3 Å². The molecule has 0 spiro atoms. The number of amides is 1. The van der Waals surface area contributed by atoms with Crippen molar-refractivity contribution in [3.05, 3.63) is 83.9 Å². The summed E-state index contributed by atoms with van der Waals surface area (Å²) in [4.78, 5) is 13.8. The first-order valence-electron chi connectivity index (χ1n) is 9.09. The molecular weight excluding hydrogens is 370 g/mol. The van der Waals surface area contributed by atoms with Crippen LogP contribution in [-0.4, -0.2) is 18.8 Å². The molecule has 0 fully saturated rings. The number of hydrogen-bond acceptors (Lipinski definition) is 4. The van der Waals surface area contributed by atoms with Crippen molar-refractivity contribution >= 4 is 23.4 Å². The highest BCUT2D eigenvalue weighted by molar-refractivity contribution is 7.98. The molecule has 3 aromatic rings. The molecule has 0 heterocycles. The standard InChI is InChI=1S/C23H23NO3S/c1-3-26-21-14-13-17(15-18(21)16-27-19-9-5-4-6-10-19)23(25)24-20-11-7-8-12-22(20)28-2/h4-15H,3,16H2,1-2H3,(H,24,25). The SMILES string of the molecule is CCOc1ccc(C(=O)Nc2ccccc2SC)cc1COc1ccccc1. The zero-order valence-electron chi connectivity index (χ0n) is 16.0. The number of carbonyl (C=O) groups is 1. The third kappa shape index (κ3) is 5.08. The lowest BCUT2D eigenvalue weighted by Crippen LogP contribution is -2.13. The molecule has 0 aliphatic carbocycles.